The van der Waals surface area contributed by atoms with Gasteiger partial charge in [-0.1, -0.05) is 6.92 Å². The normalized spacial score (nSPS) is 14.2. The number of hydrogen-bond donors (Lipinski definition) is 1. The van der Waals surface area contributed by atoms with E-state index in [-0.39, 0.29) is 5.92 Å². The van der Waals surface area contributed by atoms with Crippen LogP contribution >= 0.6 is 0 Å². The van der Waals surface area contributed by atoms with E-state index in [0.29, 0.717) is 23.6 Å². The van der Waals surface area contributed by atoms with Crippen LogP contribution in [0.2, 0.25) is 0 Å². The van der Waals surface area contributed by atoms with Crippen LogP contribution < -0.4 is 15.2 Å². The third kappa shape index (κ3) is 2.88. The Morgan fingerprint density at radius 2 is 1.88 bits per heavy atom. The molecule has 1 aromatic carbocycles. The van der Waals surface area contributed by atoms with E-state index in [1.54, 1.807) is 13.2 Å². The molecule has 0 heterocycles. The molecule has 17 heavy (non-hydrogen) atoms. The summed E-state index contributed by atoms with van der Waals surface area (Å²) in [6, 6.07) is 3.64. The molecule has 0 fully saturated rings. The molecule has 0 aliphatic heterocycles. The lowest BCUT2D eigenvalue weighted by molar-refractivity contribution is 0.323. The van der Waals surface area contributed by atoms with E-state index in [0.717, 1.165) is 5.56 Å². The second kappa shape index (κ2) is 5.87. The molecule has 0 amide bonds. The van der Waals surface area contributed by atoms with Crippen molar-refractivity contribution in [3.05, 3.63) is 23.3 Å². The van der Waals surface area contributed by atoms with Crippen molar-refractivity contribution in [3.8, 4) is 11.5 Å². The number of rotatable bonds is 5. The molecule has 2 N–H and O–H groups in total. The van der Waals surface area contributed by atoms with Crippen LogP contribution in [-0.2, 0) is 0 Å². The Hall–Kier alpha value is -1.29. The highest BCUT2D eigenvalue weighted by Gasteiger charge is 2.18. The highest BCUT2D eigenvalue weighted by atomic mass is 19.1. The van der Waals surface area contributed by atoms with Gasteiger partial charge in [0.15, 0.2) is 11.5 Å². The number of alkyl halides is 1. The molecular formula is C13H20FNO2. The number of methoxy groups -OCH3 is 2. The molecule has 4 heteroatoms. The molecule has 0 aliphatic carbocycles. The summed E-state index contributed by atoms with van der Waals surface area (Å²) in [5.74, 6) is 1.16. The van der Waals surface area contributed by atoms with E-state index in [1.807, 2.05) is 13.0 Å². The predicted octanol–water partition coefficient (Wildman–Crippen LogP) is 2.80. The van der Waals surface area contributed by atoms with E-state index >= 15 is 0 Å². The van der Waals surface area contributed by atoms with Crippen LogP contribution in [-0.4, -0.2) is 20.8 Å². The van der Waals surface area contributed by atoms with Crippen molar-refractivity contribution in [1.29, 1.82) is 0 Å². The summed E-state index contributed by atoms with van der Waals surface area (Å²) >= 11 is 0. The zero-order valence-electron chi connectivity index (χ0n) is 10.8. The maximum absolute atomic E-state index is 13.6. The quantitative estimate of drug-likeness (QED) is 0.862. The van der Waals surface area contributed by atoms with Gasteiger partial charge in [0.05, 0.1) is 14.2 Å². The highest BCUT2D eigenvalue weighted by molar-refractivity contribution is 5.51. The maximum Gasteiger partial charge on any atom is 0.166 e. The average molecular weight is 241 g/mol. The first-order chi connectivity index (χ1) is 8.04. The van der Waals surface area contributed by atoms with Crippen LogP contribution in [0.5, 0.6) is 11.5 Å². The van der Waals surface area contributed by atoms with Gasteiger partial charge in [-0.25, -0.2) is 4.39 Å². The topological polar surface area (TPSA) is 44.5 Å². The fraction of sp³-hybridized carbons (Fsp3) is 0.538. The first kappa shape index (κ1) is 13.8. The van der Waals surface area contributed by atoms with Gasteiger partial charge >= 0.3 is 0 Å². The summed E-state index contributed by atoms with van der Waals surface area (Å²) in [5, 5.41) is 0. The largest absolute Gasteiger partial charge is 0.493 e. The Morgan fingerprint density at radius 1 is 1.24 bits per heavy atom. The van der Waals surface area contributed by atoms with Gasteiger partial charge in [-0.3, -0.25) is 0 Å². The van der Waals surface area contributed by atoms with Crippen molar-refractivity contribution in [2.75, 3.05) is 20.8 Å². The van der Waals surface area contributed by atoms with Gasteiger partial charge in [-0.05, 0) is 37.1 Å². The molecule has 1 rings (SSSR count). The van der Waals surface area contributed by atoms with Gasteiger partial charge in [0.2, 0.25) is 0 Å². The van der Waals surface area contributed by atoms with Crippen LogP contribution in [0.25, 0.3) is 0 Å². The third-order valence-electron chi connectivity index (χ3n) is 2.88. The Balaban J connectivity index is 3.34. The zero-order valence-corrected chi connectivity index (χ0v) is 10.8. The van der Waals surface area contributed by atoms with E-state index in [2.05, 4.69) is 0 Å². The molecule has 1 aromatic rings. The lowest BCUT2D eigenvalue weighted by atomic mass is 9.96. The zero-order chi connectivity index (χ0) is 13.0. The minimum Gasteiger partial charge on any atom is -0.493 e. The summed E-state index contributed by atoms with van der Waals surface area (Å²) in [6.45, 7) is 3.98. The molecule has 0 spiro atoms. The Labute approximate surface area is 102 Å². The van der Waals surface area contributed by atoms with E-state index in [4.69, 9.17) is 15.2 Å². The Bertz CT molecular complexity index is 380. The molecule has 0 aliphatic rings. The van der Waals surface area contributed by atoms with Crippen LogP contribution in [0.3, 0.4) is 0 Å². The van der Waals surface area contributed by atoms with E-state index < -0.39 is 6.17 Å². The van der Waals surface area contributed by atoms with Crippen LogP contribution in [0, 0.1) is 0 Å². The fourth-order valence-corrected chi connectivity index (χ4v) is 1.73. The fourth-order valence-electron chi connectivity index (χ4n) is 1.73. The molecule has 0 aromatic heterocycles. The Morgan fingerprint density at radius 3 is 2.29 bits per heavy atom. The van der Waals surface area contributed by atoms with E-state index in [9.17, 15) is 4.39 Å². The SMILES string of the molecule is COc1cc(C(C)CN)cc(C(C)F)c1OC. The van der Waals surface area contributed by atoms with E-state index in [1.165, 1.54) is 14.0 Å². The van der Waals surface area contributed by atoms with Gasteiger partial charge in [-0.15, -0.1) is 0 Å². The molecule has 3 nitrogen and oxygen atoms in total. The smallest absolute Gasteiger partial charge is 0.166 e. The van der Waals surface area contributed by atoms with Crippen molar-refractivity contribution >= 4 is 0 Å². The van der Waals surface area contributed by atoms with Crippen LogP contribution in [0.4, 0.5) is 4.39 Å². The lowest BCUT2D eigenvalue weighted by Gasteiger charge is -2.18. The minimum absolute atomic E-state index is 0.160. The average Bonchev–Trinajstić information content (AvgIpc) is 2.35. The summed E-state index contributed by atoms with van der Waals surface area (Å²) in [7, 11) is 3.05. The molecule has 0 bridgehead atoms. The molecule has 0 radical (unpaired) electrons. The number of hydrogen-bond acceptors (Lipinski definition) is 3. The van der Waals surface area contributed by atoms with Gasteiger partial charge in [0.25, 0.3) is 0 Å². The monoisotopic (exact) mass is 241 g/mol. The standard InChI is InChI=1S/C13H20FNO2/c1-8(7-15)10-5-11(9(2)14)13(17-4)12(6-10)16-3/h5-6,8-9H,7,15H2,1-4H3. The number of ether oxygens (including phenoxy) is 2. The van der Waals surface area contributed by atoms with Crippen molar-refractivity contribution in [2.45, 2.75) is 25.9 Å². The minimum atomic E-state index is -1.11. The number of nitrogens with two attached hydrogens (primary N) is 1. The number of halogens is 1. The summed E-state index contributed by atoms with van der Waals surface area (Å²) in [5.41, 5.74) is 7.09. The van der Waals surface area contributed by atoms with Gasteiger partial charge in [0, 0.05) is 5.56 Å². The third-order valence-corrected chi connectivity index (χ3v) is 2.88. The highest BCUT2D eigenvalue weighted by Crippen LogP contribution is 2.38. The predicted molar refractivity (Wildman–Crippen MR) is 66.5 cm³/mol. The lowest BCUT2D eigenvalue weighted by Crippen LogP contribution is -2.10. The summed E-state index contributed by atoms with van der Waals surface area (Å²) in [6.07, 6.45) is -1.11. The molecule has 0 saturated heterocycles. The van der Waals surface area contributed by atoms with Crippen LogP contribution in [0.1, 0.15) is 37.1 Å². The Kier molecular flexibility index (Phi) is 4.75. The van der Waals surface area contributed by atoms with Crippen molar-refractivity contribution in [1.82, 2.24) is 0 Å². The van der Waals surface area contributed by atoms with Crippen molar-refractivity contribution < 1.29 is 13.9 Å². The molecule has 0 saturated carbocycles. The molecule has 2 unspecified atom stereocenters. The molecule has 2 atom stereocenters. The second-order valence-electron chi connectivity index (χ2n) is 4.10. The summed E-state index contributed by atoms with van der Waals surface area (Å²) < 4.78 is 24.0. The van der Waals surface area contributed by atoms with Gasteiger partial charge in [0.1, 0.15) is 6.17 Å². The van der Waals surface area contributed by atoms with Gasteiger partial charge < -0.3 is 15.2 Å². The maximum atomic E-state index is 13.6. The second-order valence-corrected chi connectivity index (χ2v) is 4.10. The van der Waals surface area contributed by atoms with Gasteiger partial charge in [-0.2, -0.15) is 0 Å². The first-order valence-corrected chi connectivity index (χ1v) is 5.65. The van der Waals surface area contributed by atoms with Crippen molar-refractivity contribution in [2.24, 2.45) is 5.73 Å². The first-order valence-electron chi connectivity index (χ1n) is 5.65. The van der Waals surface area contributed by atoms with Crippen LogP contribution in [0.15, 0.2) is 12.1 Å². The summed E-state index contributed by atoms with van der Waals surface area (Å²) in [4.78, 5) is 0. The van der Waals surface area contributed by atoms with Crippen molar-refractivity contribution in [3.63, 3.8) is 0 Å². The molecule has 96 valence electrons. The molecular weight excluding hydrogens is 221 g/mol. The number of benzene rings is 1.